The number of hydrogen-bond acceptors (Lipinski definition) is 4. The second-order valence-corrected chi connectivity index (χ2v) is 9.95. The third-order valence-corrected chi connectivity index (χ3v) is 5.91. The van der Waals surface area contributed by atoms with Crippen LogP contribution in [0, 0.1) is 0 Å². The maximum absolute atomic E-state index is 13.3. The van der Waals surface area contributed by atoms with Crippen LogP contribution in [0.15, 0.2) is 81.1 Å². The Kier molecular flexibility index (Phi) is 6.68. The SMILES string of the molecule is CC(C)(C)c1nc2ccc(Br)cc2c(=O)n1N=Cc1ccccc1OCc1ccccc1Cl. The maximum atomic E-state index is 13.3. The quantitative estimate of drug-likeness (QED) is 0.277. The van der Waals surface area contributed by atoms with E-state index in [1.165, 1.54) is 4.68 Å². The zero-order valence-electron chi connectivity index (χ0n) is 18.5. The fraction of sp³-hybridized carbons (Fsp3) is 0.192. The second-order valence-electron chi connectivity index (χ2n) is 8.63. The Bertz CT molecular complexity index is 1410. The van der Waals surface area contributed by atoms with Gasteiger partial charge in [0.25, 0.3) is 5.56 Å². The standard InChI is InChI=1S/C26H23BrClN3O2/c1-26(2,3)25-30-22-13-12-19(27)14-20(22)24(32)31(25)29-15-17-8-5-7-11-23(17)33-16-18-9-4-6-10-21(18)28/h4-15H,16H2,1-3H3. The van der Waals surface area contributed by atoms with Crippen molar-refractivity contribution in [2.75, 3.05) is 0 Å². The molecule has 7 heteroatoms. The largest absolute Gasteiger partial charge is 0.488 e. The first-order valence-corrected chi connectivity index (χ1v) is 11.6. The molecule has 0 saturated heterocycles. The first kappa shape index (κ1) is 23.2. The van der Waals surface area contributed by atoms with Gasteiger partial charge in [0.15, 0.2) is 0 Å². The molecule has 4 aromatic rings. The molecule has 1 aromatic heterocycles. The van der Waals surface area contributed by atoms with Gasteiger partial charge in [0, 0.05) is 26.0 Å². The second kappa shape index (κ2) is 9.49. The number of hydrogen-bond donors (Lipinski definition) is 0. The number of rotatable bonds is 5. The van der Waals surface area contributed by atoms with Crippen LogP contribution in [0.3, 0.4) is 0 Å². The average Bonchev–Trinajstić information content (AvgIpc) is 2.78. The highest BCUT2D eigenvalue weighted by atomic mass is 79.9. The van der Waals surface area contributed by atoms with Crippen LogP contribution in [-0.2, 0) is 12.0 Å². The molecule has 0 spiro atoms. The summed E-state index contributed by atoms with van der Waals surface area (Å²) in [6.07, 6.45) is 1.63. The summed E-state index contributed by atoms with van der Waals surface area (Å²) in [7, 11) is 0. The van der Waals surface area contributed by atoms with Gasteiger partial charge in [-0.2, -0.15) is 9.78 Å². The highest BCUT2D eigenvalue weighted by Gasteiger charge is 2.23. The molecule has 0 aliphatic carbocycles. The minimum absolute atomic E-state index is 0.225. The third kappa shape index (κ3) is 5.18. The number of nitrogens with zero attached hydrogens (tertiary/aromatic N) is 3. The molecule has 0 amide bonds. The summed E-state index contributed by atoms with van der Waals surface area (Å²) in [6, 6.07) is 20.6. The fourth-order valence-corrected chi connectivity index (χ4v) is 3.90. The molecule has 0 bridgehead atoms. The topological polar surface area (TPSA) is 56.5 Å². The van der Waals surface area contributed by atoms with Crippen molar-refractivity contribution >= 4 is 44.6 Å². The monoisotopic (exact) mass is 523 g/mol. The first-order chi connectivity index (χ1) is 15.7. The van der Waals surface area contributed by atoms with Gasteiger partial charge in [0.1, 0.15) is 18.2 Å². The Morgan fingerprint density at radius 1 is 1.09 bits per heavy atom. The molecule has 0 fully saturated rings. The Labute approximate surface area is 205 Å². The smallest absolute Gasteiger partial charge is 0.282 e. The van der Waals surface area contributed by atoms with Gasteiger partial charge in [-0.1, -0.05) is 78.6 Å². The van der Waals surface area contributed by atoms with Crippen LogP contribution < -0.4 is 10.3 Å². The van der Waals surface area contributed by atoms with E-state index in [9.17, 15) is 4.79 Å². The Morgan fingerprint density at radius 2 is 1.82 bits per heavy atom. The molecule has 4 rings (SSSR count). The molecule has 0 aliphatic heterocycles. The number of fused-ring (bicyclic) bond motifs is 1. The summed E-state index contributed by atoms with van der Waals surface area (Å²) < 4.78 is 8.21. The van der Waals surface area contributed by atoms with E-state index < -0.39 is 5.41 Å². The number of halogens is 2. The molecule has 5 nitrogen and oxygen atoms in total. The molecule has 0 atom stereocenters. The van der Waals surface area contributed by atoms with Gasteiger partial charge in [0.05, 0.1) is 17.1 Å². The predicted molar refractivity (Wildman–Crippen MR) is 138 cm³/mol. The molecular weight excluding hydrogens is 502 g/mol. The van der Waals surface area contributed by atoms with E-state index >= 15 is 0 Å². The van der Waals surface area contributed by atoms with Gasteiger partial charge in [-0.25, -0.2) is 4.98 Å². The maximum Gasteiger partial charge on any atom is 0.282 e. The van der Waals surface area contributed by atoms with Crippen molar-refractivity contribution in [2.24, 2.45) is 5.10 Å². The molecule has 168 valence electrons. The zero-order valence-corrected chi connectivity index (χ0v) is 20.9. The molecule has 0 radical (unpaired) electrons. The highest BCUT2D eigenvalue weighted by molar-refractivity contribution is 9.10. The highest BCUT2D eigenvalue weighted by Crippen LogP contribution is 2.24. The molecule has 0 aliphatic rings. The lowest BCUT2D eigenvalue weighted by Crippen LogP contribution is -2.29. The predicted octanol–water partition coefficient (Wildman–Crippen LogP) is 6.57. The van der Waals surface area contributed by atoms with E-state index in [4.69, 9.17) is 21.3 Å². The van der Waals surface area contributed by atoms with Crippen molar-refractivity contribution < 1.29 is 4.74 Å². The van der Waals surface area contributed by atoms with Gasteiger partial charge in [-0.3, -0.25) is 4.79 Å². The van der Waals surface area contributed by atoms with E-state index in [1.54, 1.807) is 12.3 Å². The first-order valence-electron chi connectivity index (χ1n) is 10.5. The normalized spacial score (nSPS) is 11.9. The Morgan fingerprint density at radius 3 is 2.58 bits per heavy atom. The lowest BCUT2D eigenvalue weighted by Gasteiger charge is -2.21. The average molecular weight is 525 g/mol. The van der Waals surface area contributed by atoms with Crippen molar-refractivity contribution in [3.63, 3.8) is 0 Å². The van der Waals surface area contributed by atoms with Crippen LogP contribution in [0.5, 0.6) is 5.75 Å². The van der Waals surface area contributed by atoms with E-state index in [1.807, 2.05) is 81.4 Å². The molecule has 0 unspecified atom stereocenters. The van der Waals surface area contributed by atoms with Crippen LogP contribution in [0.2, 0.25) is 5.02 Å². The molecule has 0 N–H and O–H groups in total. The van der Waals surface area contributed by atoms with Gasteiger partial charge in [-0.15, -0.1) is 0 Å². The summed E-state index contributed by atoms with van der Waals surface area (Å²) in [5, 5.41) is 5.70. The van der Waals surface area contributed by atoms with Gasteiger partial charge >= 0.3 is 0 Å². The van der Waals surface area contributed by atoms with Crippen LogP contribution in [0.4, 0.5) is 0 Å². The summed E-state index contributed by atoms with van der Waals surface area (Å²) >= 11 is 9.69. The van der Waals surface area contributed by atoms with Crippen molar-refractivity contribution in [1.29, 1.82) is 0 Å². The zero-order chi connectivity index (χ0) is 23.6. The Balaban J connectivity index is 1.74. The fourth-order valence-electron chi connectivity index (χ4n) is 3.35. The molecule has 33 heavy (non-hydrogen) atoms. The van der Waals surface area contributed by atoms with Crippen LogP contribution in [0.1, 0.15) is 37.7 Å². The summed E-state index contributed by atoms with van der Waals surface area (Å²) in [5.41, 5.74) is 1.66. The van der Waals surface area contributed by atoms with Gasteiger partial charge < -0.3 is 4.74 Å². The minimum Gasteiger partial charge on any atom is -0.488 e. The van der Waals surface area contributed by atoms with E-state index in [-0.39, 0.29) is 5.56 Å². The minimum atomic E-state index is -0.391. The van der Waals surface area contributed by atoms with Crippen molar-refractivity contribution in [3.8, 4) is 5.75 Å². The molecule has 0 saturated carbocycles. The van der Waals surface area contributed by atoms with Crippen molar-refractivity contribution in [2.45, 2.75) is 32.8 Å². The summed E-state index contributed by atoms with van der Waals surface area (Å²) in [5.74, 6) is 1.22. The van der Waals surface area contributed by atoms with Crippen LogP contribution in [0.25, 0.3) is 10.9 Å². The van der Waals surface area contributed by atoms with Gasteiger partial charge in [-0.05, 0) is 36.4 Å². The van der Waals surface area contributed by atoms with E-state index in [0.29, 0.717) is 34.1 Å². The summed E-state index contributed by atoms with van der Waals surface area (Å²) in [6.45, 7) is 6.34. The van der Waals surface area contributed by atoms with Crippen LogP contribution in [-0.4, -0.2) is 15.9 Å². The van der Waals surface area contributed by atoms with Crippen molar-refractivity contribution in [3.05, 3.63) is 104 Å². The third-order valence-electron chi connectivity index (χ3n) is 5.05. The Hall–Kier alpha value is -2.96. The molecule has 3 aromatic carbocycles. The molecular formula is C26H23BrClN3O2. The van der Waals surface area contributed by atoms with E-state index in [0.717, 1.165) is 15.6 Å². The van der Waals surface area contributed by atoms with Crippen LogP contribution >= 0.6 is 27.5 Å². The molecule has 1 heterocycles. The van der Waals surface area contributed by atoms with Crippen molar-refractivity contribution in [1.82, 2.24) is 9.66 Å². The number of para-hydroxylation sites is 1. The lowest BCUT2D eigenvalue weighted by molar-refractivity contribution is 0.306. The summed E-state index contributed by atoms with van der Waals surface area (Å²) in [4.78, 5) is 18.1. The number of benzene rings is 3. The number of aromatic nitrogens is 2. The number of ether oxygens (including phenoxy) is 1. The van der Waals surface area contributed by atoms with Gasteiger partial charge in [0.2, 0.25) is 0 Å². The van der Waals surface area contributed by atoms with E-state index in [2.05, 4.69) is 21.0 Å². The lowest BCUT2D eigenvalue weighted by atomic mass is 9.95.